The summed E-state index contributed by atoms with van der Waals surface area (Å²) >= 11 is 5.78. The molecule has 2 heterocycles. The maximum atomic E-state index is 13.8. The highest BCUT2D eigenvalue weighted by atomic mass is 35.5. The summed E-state index contributed by atoms with van der Waals surface area (Å²) in [5.74, 6) is -0.302. The SMILES string of the molecule is CN1CCC(CNC(=O)c2ccncc2)C1c1ccc(Cl)c(F)c1. The van der Waals surface area contributed by atoms with Crippen molar-refractivity contribution in [1.82, 2.24) is 15.2 Å². The molecular formula is C18H19ClFN3O. The number of benzene rings is 1. The van der Waals surface area contributed by atoms with Crippen molar-refractivity contribution in [1.29, 1.82) is 0 Å². The lowest BCUT2D eigenvalue weighted by atomic mass is 9.93. The fraction of sp³-hybridized carbons (Fsp3) is 0.333. The molecule has 1 aliphatic heterocycles. The van der Waals surface area contributed by atoms with Crippen molar-refractivity contribution >= 4 is 17.5 Å². The quantitative estimate of drug-likeness (QED) is 0.923. The van der Waals surface area contributed by atoms with Gasteiger partial charge < -0.3 is 5.32 Å². The van der Waals surface area contributed by atoms with Crippen molar-refractivity contribution < 1.29 is 9.18 Å². The zero-order valence-electron chi connectivity index (χ0n) is 13.4. The van der Waals surface area contributed by atoms with Gasteiger partial charge in [0.2, 0.25) is 0 Å². The Hall–Kier alpha value is -1.98. The van der Waals surface area contributed by atoms with Gasteiger partial charge in [0.1, 0.15) is 5.82 Å². The third-order valence-corrected chi connectivity index (χ3v) is 4.83. The molecule has 2 atom stereocenters. The summed E-state index contributed by atoms with van der Waals surface area (Å²) in [4.78, 5) is 18.3. The molecule has 4 nitrogen and oxygen atoms in total. The zero-order valence-corrected chi connectivity index (χ0v) is 14.1. The normalized spacial score (nSPS) is 21.0. The summed E-state index contributed by atoms with van der Waals surface area (Å²) < 4.78 is 13.8. The molecule has 0 radical (unpaired) electrons. The summed E-state index contributed by atoms with van der Waals surface area (Å²) in [6.07, 6.45) is 4.14. The summed E-state index contributed by atoms with van der Waals surface area (Å²) in [5, 5.41) is 3.10. The Morgan fingerprint density at radius 1 is 1.38 bits per heavy atom. The van der Waals surface area contributed by atoms with E-state index in [1.54, 1.807) is 30.6 Å². The summed E-state index contributed by atoms with van der Waals surface area (Å²) in [5.41, 5.74) is 1.48. The number of aromatic nitrogens is 1. The highest BCUT2D eigenvalue weighted by Gasteiger charge is 2.33. The van der Waals surface area contributed by atoms with Crippen LogP contribution in [0.4, 0.5) is 4.39 Å². The predicted octanol–water partition coefficient (Wildman–Crippen LogP) is 3.30. The average molecular weight is 348 g/mol. The van der Waals surface area contributed by atoms with Crippen LogP contribution >= 0.6 is 11.6 Å². The van der Waals surface area contributed by atoms with Crippen molar-refractivity contribution in [2.75, 3.05) is 20.1 Å². The standard InChI is InChI=1S/C18H19ClFN3O/c1-23-9-6-14(11-22-18(24)12-4-7-21-8-5-12)17(23)13-2-3-15(19)16(20)10-13/h2-5,7-8,10,14,17H,6,9,11H2,1H3,(H,22,24). The molecule has 24 heavy (non-hydrogen) atoms. The van der Waals surface area contributed by atoms with Gasteiger partial charge in [0.25, 0.3) is 5.91 Å². The first kappa shape index (κ1) is 16.9. The number of hydrogen-bond acceptors (Lipinski definition) is 3. The Balaban J connectivity index is 1.70. The van der Waals surface area contributed by atoms with Gasteiger partial charge in [0.15, 0.2) is 0 Å². The molecule has 0 saturated carbocycles. The fourth-order valence-corrected chi connectivity index (χ4v) is 3.41. The van der Waals surface area contributed by atoms with Gasteiger partial charge in [-0.05, 0) is 55.8 Å². The lowest BCUT2D eigenvalue weighted by Gasteiger charge is -2.26. The topological polar surface area (TPSA) is 45.2 Å². The Labute approximate surface area is 145 Å². The van der Waals surface area contributed by atoms with Crippen molar-refractivity contribution in [3.63, 3.8) is 0 Å². The minimum absolute atomic E-state index is 0.0644. The van der Waals surface area contributed by atoms with Crippen LogP contribution in [0.3, 0.4) is 0 Å². The second-order valence-corrected chi connectivity index (χ2v) is 6.50. The largest absolute Gasteiger partial charge is 0.352 e. The van der Waals surface area contributed by atoms with Gasteiger partial charge in [-0.2, -0.15) is 0 Å². The van der Waals surface area contributed by atoms with E-state index in [4.69, 9.17) is 11.6 Å². The number of carbonyl (C=O) groups excluding carboxylic acids is 1. The Morgan fingerprint density at radius 3 is 2.83 bits per heavy atom. The lowest BCUT2D eigenvalue weighted by Crippen LogP contribution is -2.32. The number of rotatable bonds is 4. The summed E-state index contributed by atoms with van der Waals surface area (Å²) in [7, 11) is 2.02. The molecule has 126 valence electrons. The number of carbonyl (C=O) groups is 1. The van der Waals surface area contributed by atoms with E-state index in [-0.39, 0.29) is 22.9 Å². The molecule has 1 saturated heterocycles. The second kappa shape index (κ2) is 7.28. The summed E-state index contributed by atoms with van der Waals surface area (Å²) in [6, 6.07) is 8.37. The van der Waals surface area contributed by atoms with Gasteiger partial charge in [0, 0.05) is 30.5 Å². The van der Waals surface area contributed by atoms with Crippen LogP contribution in [0.25, 0.3) is 0 Å². The molecule has 6 heteroatoms. The van der Waals surface area contributed by atoms with Crippen LogP contribution in [0.15, 0.2) is 42.7 Å². The molecular weight excluding hydrogens is 329 g/mol. The molecule has 0 aliphatic carbocycles. The van der Waals surface area contributed by atoms with E-state index >= 15 is 0 Å². The minimum atomic E-state index is -0.408. The monoisotopic (exact) mass is 347 g/mol. The summed E-state index contributed by atoms with van der Waals surface area (Å²) in [6.45, 7) is 1.45. The molecule has 1 aliphatic rings. The second-order valence-electron chi connectivity index (χ2n) is 6.09. The van der Waals surface area contributed by atoms with E-state index in [9.17, 15) is 9.18 Å². The van der Waals surface area contributed by atoms with Gasteiger partial charge >= 0.3 is 0 Å². The third kappa shape index (κ3) is 3.57. The van der Waals surface area contributed by atoms with E-state index in [1.807, 2.05) is 13.1 Å². The average Bonchev–Trinajstić information content (AvgIpc) is 2.96. The van der Waals surface area contributed by atoms with Crippen LogP contribution in [-0.4, -0.2) is 35.9 Å². The maximum Gasteiger partial charge on any atom is 0.251 e. The van der Waals surface area contributed by atoms with Crippen LogP contribution in [0.2, 0.25) is 5.02 Å². The Kier molecular flexibility index (Phi) is 5.11. The van der Waals surface area contributed by atoms with Crippen molar-refractivity contribution in [3.8, 4) is 0 Å². The van der Waals surface area contributed by atoms with Crippen molar-refractivity contribution in [2.24, 2.45) is 5.92 Å². The molecule has 0 spiro atoms. The first-order chi connectivity index (χ1) is 11.6. The number of nitrogens with zero attached hydrogens (tertiary/aromatic N) is 2. The molecule has 0 bridgehead atoms. The highest BCUT2D eigenvalue weighted by molar-refractivity contribution is 6.30. The number of likely N-dealkylation sites (tertiary alicyclic amines) is 1. The van der Waals surface area contributed by atoms with Crippen LogP contribution in [0.1, 0.15) is 28.4 Å². The van der Waals surface area contributed by atoms with E-state index in [2.05, 4.69) is 15.2 Å². The van der Waals surface area contributed by atoms with Crippen LogP contribution in [-0.2, 0) is 0 Å². The predicted molar refractivity (Wildman–Crippen MR) is 91.5 cm³/mol. The van der Waals surface area contributed by atoms with Gasteiger partial charge in [-0.3, -0.25) is 14.7 Å². The van der Waals surface area contributed by atoms with Gasteiger partial charge in [-0.1, -0.05) is 17.7 Å². The Bertz CT molecular complexity index is 725. The molecule has 2 unspecified atom stereocenters. The number of amides is 1. The van der Waals surface area contributed by atoms with E-state index < -0.39 is 5.82 Å². The van der Waals surface area contributed by atoms with Crippen molar-refractivity contribution in [2.45, 2.75) is 12.5 Å². The number of halogens is 2. The smallest absolute Gasteiger partial charge is 0.251 e. The van der Waals surface area contributed by atoms with Crippen LogP contribution < -0.4 is 5.32 Å². The number of pyridine rings is 1. The number of hydrogen-bond donors (Lipinski definition) is 1. The van der Waals surface area contributed by atoms with Crippen molar-refractivity contribution in [3.05, 3.63) is 64.7 Å². The van der Waals surface area contributed by atoms with E-state index in [0.29, 0.717) is 12.1 Å². The molecule has 1 N–H and O–H groups in total. The Morgan fingerprint density at radius 2 is 2.12 bits per heavy atom. The molecule has 2 aromatic rings. The minimum Gasteiger partial charge on any atom is -0.352 e. The van der Waals surface area contributed by atoms with Gasteiger partial charge in [-0.15, -0.1) is 0 Å². The van der Waals surface area contributed by atoms with Crippen LogP contribution in [0, 0.1) is 11.7 Å². The maximum absolute atomic E-state index is 13.8. The molecule has 1 aromatic heterocycles. The number of nitrogens with one attached hydrogen (secondary N) is 1. The first-order valence-corrected chi connectivity index (χ1v) is 8.27. The van der Waals surface area contributed by atoms with Gasteiger partial charge in [-0.25, -0.2) is 4.39 Å². The zero-order chi connectivity index (χ0) is 17.1. The van der Waals surface area contributed by atoms with Crippen LogP contribution in [0.5, 0.6) is 0 Å². The molecule has 3 rings (SSSR count). The molecule has 1 fully saturated rings. The molecule has 1 aromatic carbocycles. The fourth-order valence-electron chi connectivity index (χ4n) is 3.29. The van der Waals surface area contributed by atoms with E-state index in [1.165, 1.54) is 6.07 Å². The van der Waals surface area contributed by atoms with Gasteiger partial charge in [0.05, 0.1) is 5.02 Å². The third-order valence-electron chi connectivity index (χ3n) is 4.53. The highest BCUT2D eigenvalue weighted by Crippen LogP contribution is 2.36. The first-order valence-electron chi connectivity index (χ1n) is 7.89. The van der Waals surface area contributed by atoms with E-state index in [0.717, 1.165) is 18.5 Å². The molecule has 1 amide bonds. The lowest BCUT2D eigenvalue weighted by molar-refractivity contribution is 0.0943.